The Morgan fingerprint density at radius 3 is 2.33 bits per heavy atom. The lowest BCUT2D eigenvalue weighted by Gasteiger charge is -2.11. The van der Waals surface area contributed by atoms with Gasteiger partial charge in [0.25, 0.3) is 0 Å². The summed E-state index contributed by atoms with van der Waals surface area (Å²) in [6.07, 6.45) is 1.78. The molecule has 0 spiro atoms. The smallest absolute Gasteiger partial charge is 0.161 e. The number of nitriles is 1. The van der Waals surface area contributed by atoms with E-state index in [0.717, 1.165) is 5.56 Å². The minimum absolute atomic E-state index is 0.414. The van der Waals surface area contributed by atoms with Gasteiger partial charge in [-0.1, -0.05) is 35.3 Å². The van der Waals surface area contributed by atoms with Crippen LogP contribution in [0.25, 0.3) is 11.6 Å². The fourth-order valence-electron chi connectivity index (χ4n) is 2.17. The highest BCUT2D eigenvalue weighted by Crippen LogP contribution is 2.31. The Hall–Kier alpha value is -2.15. The topological polar surface area (TPSA) is 42.2 Å². The third-order valence-corrected chi connectivity index (χ3v) is 3.97. The minimum Gasteiger partial charge on any atom is -0.490 e. The van der Waals surface area contributed by atoms with E-state index in [1.807, 2.05) is 32.0 Å². The van der Waals surface area contributed by atoms with E-state index in [1.54, 1.807) is 24.3 Å². The van der Waals surface area contributed by atoms with E-state index in [9.17, 15) is 5.26 Å². The van der Waals surface area contributed by atoms with Gasteiger partial charge in [0.1, 0.15) is 0 Å². The Bertz CT molecular complexity index is 794. The molecule has 2 aromatic carbocycles. The SMILES string of the molecule is CCOc1ccc(/C=C(/C#N)c2ccc(Cl)c(Cl)c2)cc1OCC. The van der Waals surface area contributed by atoms with E-state index in [-0.39, 0.29) is 0 Å². The largest absolute Gasteiger partial charge is 0.490 e. The molecular weight excluding hydrogens is 345 g/mol. The first-order valence-corrected chi connectivity index (χ1v) is 8.31. The van der Waals surface area contributed by atoms with Gasteiger partial charge in [0.15, 0.2) is 11.5 Å². The Labute approximate surface area is 152 Å². The van der Waals surface area contributed by atoms with E-state index in [4.69, 9.17) is 32.7 Å². The molecule has 0 saturated carbocycles. The van der Waals surface area contributed by atoms with Crippen molar-refractivity contribution >= 4 is 34.9 Å². The van der Waals surface area contributed by atoms with E-state index in [1.165, 1.54) is 0 Å². The quantitative estimate of drug-likeness (QED) is 0.478. The summed E-state index contributed by atoms with van der Waals surface area (Å²) in [6.45, 7) is 4.92. The Balaban J connectivity index is 2.41. The Morgan fingerprint density at radius 2 is 1.71 bits per heavy atom. The lowest BCUT2D eigenvalue weighted by Crippen LogP contribution is -1.98. The zero-order chi connectivity index (χ0) is 17.5. The summed E-state index contributed by atoms with van der Waals surface area (Å²) in [6, 6.07) is 12.9. The lowest BCUT2D eigenvalue weighted by molar-refractivity contribution is 0.287. The lowest BCUT2D eigenvalue weighted by atomic mass is 10.0. The van der Waals surface area contributed by atoms with Crippen molar-refractivity contribution in [1.82, 2.24) is 0 Å². The van der Waals surface area contributed by atoms with Crippen LogP contribution in [0.15, 0.2) is 36.4 Å². The van der Waals surface area contributed by atoms with Crippen molar-refractivity contribution in [2.45, 2.75) is 13.8 Å². The molecule has 0 atom stereocenters. The maximum absolute atomic E-state index is 9.46. The molecule has 0 bridgehead atoms. The van der Waals surface area contributed by atoms with E-state index < -0.39 is 0 Å². The van der Waals surface area contributed by atoms with Crippen molar-refractivity contribution in [3.63, 3.8) is 0 Å². The van der Waals surface area contributed by atoms with Crippen molar-refractivity contribution in [2.75, 3.05) is 13.2 Å². The van der Waals surface area contributed by atoms with Gasteiger partial charge in [-0.15, -0.1) is 0 Å². The number of benzene rings is 2. The molecule has 5 heteroatoms. The number of nitrogens with zero attached hydrogens (tertiary/aromatic N) is 1. The van der Waals surface area contributed by atoms with Crippen LogP contribution in [-0.2, 0) is 0 Å². The predicted octanol–water partition coefficient (Wildman–Crippen LogP) is 5.85. The van der Waals surface area contributed by atoms with Crippen LogP contribution in [0, 0.1) is 11.3 Å². The second kappa shape index (κ2) is 8.63. The number of allylic oxidation sites excluding steroid dienone is 1. The molecule has 0 unspecified atom stereocenters. The minimum atomic E-state index is 0.414. The van der Waals surface area contributed by atoms with Gasteiger partial charge in [-0.25, -0.2) is 0 Å². The van der Waals surface area contributed by atoms with Gasteiger partial charge in [0.05, 0.1) is 34.9 Å². The molecule has 124 valence electrons. The molecule has 0 radical (unpaired) electrons. The average molecular weight is 362 g/mol. The summed E-state index contributed by atoms with van der Waals surface area (Å²) in [5, 5.41) is 10.3. The second-order valence-corrected chi connectivity index (χ2v) is 5.69. The van der Waals surface area contributed by atoms with Gasteiger partial charge in [0, 0.05) is 0 Å². The first-order valence-electron chi connectivity index (χ1n) is 7.55. The summed E-state index contributed by atoms with van der Waals surface area (Å²) in [5.74, 6) is 1.34. The van der Waals surface area contributed by atoms with Crippen LogP contribution in [0.3, 0.4) is 0 Å². The zero-order valence-corrected chi connectivity index (χ0v) is 15.0. The number of rotatable bonds is 6. The highest BCUT2D eigenvalue weighted by molar-refractivity contribution is 6.42. The first kappa shape index (κ1) is 18.2. The molecule has 0 amide bonds. The van der Waals surface area contributed by atoms with Gasteiger partial charge in [-0.2, -0.15) is 5.26 Å². The molecule has 0 N–H and O–H groups in total. The first-order chi connectivity index (χ1) is 11.6. The standard InChI is InChI=1S/C19H17Cl2NO2/c1-3-23-18-8-5-13(10-19(18)24-4-2)9-15(12-22)14-6-7-16(20)17(21)11-14/h5-11H,3-4H2,1-2H3/b15-9-. The van der Waals surface area contributed by atoms with Crippen LogP contribution in [0.1, 0.15) is 25.0 Å². The van der Waals surface area contributed by atoms with Crippen molar-refractivity contribution in [1.29, 1.82) is 5.26 Å². The predicted molar refractivity (Wildman–Crippen MR) is 98.7 cm³/mol. The second-order valence-electron chi connectivity index (χ2n) is 4.87. The van der Waals surface area contributed by atoms with Crippen LogP contribution in [0.2, 0.25) is 10.0 Å². The fraction of sp³-hybridized carbons (Fsp3) is 0.211. The molecule has 0 saturated heterocycles. The average Bonchev–Trinajstić information content (AvgIpc) is 2.58. The summed E-state index contributed by atoms with van der Waals surface area (Å²) in [7, 11) is 0. The molecule has 2 aromatic rings. The summed E-state index contributed by atoms with van der Waals surface area (Å²) in [4.78, 5) is 0. The molecular formula is C19H17Cl2NO2. The molecule has 0 aromatic heterocycles. The van der Waals surface area contributed by atoms with Crippen LogP contribution in [-0.4, -0.2) is 13.2 Å². The van der Waals surface area contributed by atoms with Crippen molar-refractivity contribution < 1.29 is 9.47 Å². The third-order valence-electron chi connectivity index (χ3n) is 3.23. The van der Waals surface area contributed by atoms with Crippen molar-refractivity contribution in [3.8, 4) is 17.6 Å². The summed E-state index contributed by atoms with van der Waals surface area (Å²) < 4.78 is 11.2. The van der Waals surface area contributed by atoms with Crippen LogP contribution in [0.5, 0.6) is 11.5 Å². The highest BCUT2D eigenvalue weighted by atomic mass is 35.5. The van der Waals surface area contributed by atoms with E-state index in [2.05, 4.69) is 6.07 Å². The fourth-order valence-corrected chi connectivity index (χ4v) is 2.47. The van der Waals surface area contributed by atoms with E-state index >= 15 is 0 Å². The summed E-state index contributed by atoms with van der Waals surface area (Å²) in [5.41, 5.74) is 2.03. The van der Waals surface area contributed by atoms with Crippen LogP contribution in [0.4, 0.5) is 0 Å². The summed E-state index contributed by atoms with van der Waals surface area (Å²) >= 11 is 12.0. The Morgan fingerprint density at radius 1 is 1.00 bits per heavy atom. The highest BCUT2D eigenvalue weighted by Gasteiger charge is 2.08. The van der Waals surface area contributed by atoms with Crippen molar-refractivity contribution in [2.24, 2.45) is 0 Å². The molecule has 0 aliphatic rings. The molecule has 0 aliphatic heterocycles. The van der Waals surface area contributed by atoms with Gasteiger partial charge in [0.2, 0.25) is 0 Å². The van der Waals surface area contributed by atoms with Gasteiger partial charge >= 0.3 is 0 Å². The van der Waals surface area contributed by atoms with Crippen LogP contribution < -0.4 is 9.47 Å². The number of ether oxygens (including phenoxy) is 2. The molecule has 0 heterocycles. The number of hydrogen-bond acceptors (Lipinski definition) is 3. The molecule has 3 nitrogen and oxygen atoms in total. The molecule has 24 heavy (non-hydrogen) atoms. The maximum Gasteiger partial charge on any atom is 0.161 e. The number of halogens is 2. The van der Waals surface area contributed by atoms with Gasteiger partial charge in [-0.3, -0.25) is 0 Å². The zero-order valence-electron chi connectivity index (χ0n) is 13.5. The Kier molecular flexibility index (Phi) is 6.54. The maximum atomic E-state index is 9.46. The van der Waals surface area contributed by atoms with E-state index in [0.29, 0.717) is 45.9 Å². The van der Waals surface area contributed by atoms with Gasteiger partial charge < -0.3 is 9.47 Å². The molecule has 0 aliphatic carbocycles. The number of hydrogen-bond donors (Lipinski definition) is 0. The van der Waals surface area contributed by atoms with Crippen LogP contribution >= 0.6 is 23.2 Å². The van der Waals surface area contributed by atoms with Crippen molar-refractivity contribution in [3.05, 3.63) is 57.6 Å². The molecule has 0 fully saturated rings. The molecule has 2 rings (SSSR count). The monoisotopic (exact) mass is 361 g/mol. The van der Waals surface area contributed by atoms with Gasteiger partial charge in [-0.05, 0) is 55.3 Å². The normalized spacial score (nSPS) is 11.0. The third kappa shape index (κ3) is 4.44.